The van der Waals surface area contributed by atoms with Crippen molar-refractivity contribution in [2.24, 2.45) is 0 Å². The summed E-state index contributed by atoms with van der Waals surface area (Å²) in [5, 5.41) is 11.5. The molecule has 0 saturated carbocycles. The lowest BCUT2D eigenvalue weighted by Gasteiger charge is -2.29. The van der Waals surface area contributed by atoms with Gasteiger partial charge in [-0.2, -0.15) is 0 Å². The molecule has 0 radical (unpaired) electrons. The maximum atomic E-state index is 12.7. The molecule has 0 saturated heterocycles. The monoisotopic (exact) mass is 543 g/mol. The predicted octanol–water partition coefficient (Wildman–Crippen LogP) is 2.07. The normalized spacial score (nSPS) is 13.9. The largest absolute Gasteiger partial charge is 0.493 e. The number of phosphoric acid groups is 1. The number of carbonyl (C=O) groups is 1. The van der Waals surface area contributed by atoms with E-state index in [2.05, 4.69) is 9.61 Å². The van der Waals surface area contributed by atoms with Crippen LogP contribution >= 0.6 is 19.2 Å². The SMILES string of the molecule is C[C@@](CCn1ccc(-c2ccc(-c3nccs3)cc2)cc1=O)(C(=O)N(O)OP(=O)(O)O)S(C)(=O)=O. The van der Waals surface area contributed by atoms with Gasteiger partial charge in [-0.3, -0.25) is 14.8 Å². The maximum absolute atomic E-state index is 12.7. The third-order valence-corrected chi connectivity index (χ3v) is 8.56. The fourth-order valence-electron chi connectivity index (χ4n) is 3.17. The number of thiazole rings is 1. The third-order valence-electron chi connectivity index (χ3n) is 5.35. The summed E-state index contributed by atoms with van der Waals surface area (Å²) in [6, 6.07) is 10.4. The quantitative estimate of drug-likeness (QED) is 0.206. The molecule has 0 aliphatic carbocycles. The smallest absolute Gasteiger partial charge is 0.315 e. The molecule has 3 rings (SSSR count). The van der Waals surface area contributed by atoms with Gasteiger partial charge in [0.05, 0.1) is 0 Å². The number of pyridine rings is 1. The van der Waals surface area contributed by atoms with E-state index in [4.69, 9.17) is 9.79 Å². The number of benzene rings is 1. The molecule has 3 aromatic rings. The van der Waals surface area contributed by atoms with E-state index >= 15 is 0 Å². The summed E-state index contributed by atoms with van der Waals surface area (Å²) in [6.45, 7) is 0.710. The number of rotatable bonds is 9. The summed E-state index contributed by atoms with van der Waals surface area (Å²) < 4.78 is 38.2. The Morgan fingerprint density at radius 2 is 1.83 bits per heavy atom. The first-order valence-electron chi connectivity index (χ1n) is 9.90. The van der Waals surface area contributed by atoms with Gasteiger partial charge < -0.3 is 14.4 Å². The number of hydrogen-bond donors (Lipinski definition) is 3. The predicted molar refractivity (Wildman–Crippen MR) is 127 cm³/mol. The molecular weight excluding hydrogens is 521 g/mol. The molecular formula is C20H22N3O9PS2. The van der Waals surface area contributed by atoms with Crippen LogP contribution in [0.4, 0.5) is 0 Å². The van der Waals surface area contributed by atoms with Gasteiger partial charge in [-0.1, -0.05) is 29.5 Å². The molecule has 188 valence electrons. The van der Waals surface area contributed by atoms with Crippen molar-refractivity contribution in [2.45, 2.75) is 24.6 Å². The standard InChI is InChI=1S/C20H22N3O9PS2/c1-20(35(2,30)31,19(25)23(26)32-33(27,28)29)8-11-22-10-7-16(13-17(22)24)14-3-5-15(6-4-14)18-21-9-12-34-18/h3-7,9-10,12-13,26H,8,11H2,1-2H3,(H2,27,28,29)/t20-/m1/s1. The fourth-order valence-corrected chi connectivity index (χ4v) is 4.95. The number of aromatic nitrogens is 2. The van der Waals surface area contributed by atoms with Crippen LogP contribution in [0.5, 0.6) is 0 Å². The van der Waals surface area contributed by atoms with E-state index in [1.54, 1.807) is 12.3 Å². The molecule has 0 spiro atoms. The highest BCUT2D eigenvalue weighted by atomic mass is 32.2. The van der Waals surface area contributed by atoms with Crippen molar-refractivity contribution in [3.63, 3.8) is 0 Å². The van der Waals surface area contributed by atoms with Crippen molar-refractivity contribution in [1.29, 1.82) is 0 Å². The molecule has 0 bridgehead atoms. The minimum absolute atomic E-state index is 0.249. The molecule has 2 aromatic heterocycles. The van der Waals surface area contributed by atoms with Gasteiger partial charge in [0.2, 0.25) is 0 Å². The Kier molecular flexibility index (Phi) is 7.77. The fraction of sp³-hybridized carbons (Fsp3) is 0.250. The van der Waals surface area contributed by atoms with Crippen LogP contribution in [0, 0.1) is 0 Å². The summed E-state index contributed by atoms with van der Waals surface area (Å²) in [4.78, 5) is 46.9. The van der Waals surface area contributed by atoms with E-state index in [1.165, 1.54) is 28.2 Å². The molecule has 1 atom stereocenters. The lowest BCUT2D eigenvalue weighted by atomic mass is 10.0. The van der Waals surface area contributed by atoms with Gasteiger partial charge in [-0.25, -0.2) is 18.0 Å². The molecule has 2 heterocycles. The summed E-state index contributed by atoms with van der Waals surface area (Å²) >= 11 is 1.50. The first kappa shape index (κ1) is 26.9. The minimum atomic E-state index is -5.33. The van der Waals surface area contributed by atoms with Crippen LogP contribution in [-0.4, -0.2) is 55.1 Å². The topological polar surface area (TPSA) is 176 Å². The molecule has 0 unspecified atom stereocenters. The summed E-state index contributed by atoms with van der Waals surface area (Å²) in [7, 11) is -9.56. The van der Waals surface area contributed by atoms with E-state index in [-0.39, 0.29) is 6.54 Å². The summed E-state index contributed by atoms with van der Waals surface area (Å²) in [5.74, 6) is -1.62. The lowest BCUT2D eigenvalue weighted by Crippen LogP contribution is -2.51. The summed E-state index contributed by atoms with van der Waals surface area (Å²) in [6.07, 6.45) is 3.37. The Bertz CT molecular complexity index is 1420. The summed E-state index contributed by atoms with van der Waals surface area (Å²) in [5.41, 5.74) is 1.86. The van der Waals surface area contributed by atoms with Crippen LogP contribution < -0.4 is 5.56 Å². The van der Waals surface area contributed by atoms with Gasteiger partial charge in [0.15, 0.2) is 14.6 Å². The second kappa shape index (κ2) is 10.1. The first-order valence-corrected chi connectivity index (χ1v) is 14.2. The molecule has 35 heavy (non-hydrogen) atoms. The molecule has 15 heteroatoms. The number of carbonyl (C=O) groups excluding carboxylic acids is 1. The van der Waals surface area contributed by atoms with Gasteiger partial charge in [-0.15, -0.1) is 16.0 Å². The second-order valence-corrected chi connectivity index (χ2v) is 12.2. The van der Waals surface area contributed by atoms with Crippen molar-refractivity contribution < 1.29 is 37.4 Å². The molecule has 1 aromatic carbocycles. The zero-order valence-corrected chi connectivity index (χ0v) is 21.0. The van der Waals surface area contributed by atoms with Crippen LogP contribution in [0.25, 0.3) is 21.7 Å². The van der Waals surface area contributed by atoms with E-state index in [0.29, 0.717) is 5.56 Å². The molecule has 3 N–H and O–H groups in total. The van der Waals surface area contributed by atoms with Crippen molar-refractivity contribution in [2.75, 3.05) is 6.26 Å². The molecule has 0 aliphatic heterocycles. The Morgan fingerprint density at radius 1 is 1.20 bits per heavy atom. The maximum Gasteiger partial charge on any atom is 0.493 e. The van der Waals surface area contributed by atoms with Crippen molar-refractivity contribution >= 4 is 34.9 Å². The number of amides is 1. The van der Waals surface area contributed by atoms with E-state index in [1.807, 2.05) is 29.6 Å². The number of nitrogens with zero attached hydrogens (tertiary/aromatic N) is 3. The van der Waals surface area contributed by atoms with Crippen molar-refractivity contribution in [3.05, 3.63) is 64.5 Å². The number of hydroxylamine groups is 2. The van der Waals surface area contributed by atoms with Crippen LogP contribution in [0.3, 0.4) is 0 Å². The van der Waals surface area contributed by atoms with Crippen LogP contribution in [0.2, 0.25) is 0 Å². The van der Waals surface area contributed by atoms with Crippen molar-refractivity contribution in [3.8, 4) is 21.7 Å². The average molecular weight is 544 g/mol. The Labute approximate surface area is 204 Å². The Hall–Kier alpha value is -2.71. The zero-order valence-electron chi connectivity index (χ0n) is 18.5. The molecule has 1 amide bonds. The van der Waals surface area contributed by atoms with Crippen LogP contribution in [0.15, 0.2) is 59.0 Å². The minimum Gasteiger partial charge on any atom is -0.315 e. The highest BCUT2D eigenvalue weighted by molar-refractivity contribution is 7.92. The van der Waals surface area contributed by atoms with E-state index in [9.17, 15) is 27.8 Å². The first-order chi connectivity index (χ1) is 16.2. The van der Waals surface area contributed by atoms with Gasteiger partial charge in [0, 0.05) is 42.2 Å². The Morgan fingerprint density at radius 3 is 2.34 bits per heavy atom. The zero-order chi connectivity index (χ0) is 26.0. The molecule has 12 nitrogen and oxygen atoms in total. The van der Waals surface area contributed by atoms with E-state index in [0.717, 1.165) is 29.3 Å². The highest BCUT2D eigenvalue weighted by Crippen LogP contribution is 2.38. The number of aryl methyl sites for hydroxylation is 1. The molecule has 0 fully saturated rings. The highest BCUT2D eigenvalue weighted by Gasteiger charge is 2.47. The van der Waals surface area contributed by atoms with Crippen LogP contribution in [0.1, 0.15) is 13.3 Å². The van der Waals surface area contributed by atoms with E-state index < -0.39 is 45.5 Å². The van der Waals surface area contributed by atoms with Gasteiger partial charge in [-0.05, 0) is 30.5 Å². The number of hydrogen-bond acceptors (Lipinski definition) is 9. The third kappa shape index (κ3) is 6.30. The van der Waals surface area contributed by atoms with Crippen LogP contribution in [-0.2, 0) is 30.4 Å². The molecule has 0 aliphatic rings. The Balaban J connectivity index is 1.80. The van der Waals surface area contributed by atoms with Gasteiger partial charge in [0.1, 0.15) is 5.01 Å². The van der Waals surface area contributed by atoms with Gasteiger partial charge >= 0.3 is 7.82 Å². The van der Waals surface area contributed by atoms with Crippen molar-refractivity contribution in [1.82, 2.24) is 14.8 Å². The lowest BCUT2D eigenvalue weighted by molar-refractivity contribution is -0.274. The van der Waals surface area contributed by atoms with Gasteiger partial charge in [0.25, 0.3) is 11.5 Å². The average Bonchev–Trinajstić information content (AvgIpc) is 3.30. The second-order valence-electron chi connectivity index (χ2n) is 7.76. The number of sulfone groups is 1.